The Bertz CT molecular complexity index is 765. The molecule has 0 aliphatic heterocycles. The summed E-state index contributed by atoms with van der Waals surface area (Å²) in [6, 6.07) is 24.9. The van der Waals surface area contributed by atoms with Gasteiger partial charge in [0.05, 0.1) is 14.2 Å². The molecular formula is C22H22BrNO2. The Kier molecular flexibility index (Phi) is 6.18. The number of rotatable bonds is 7. The van der Waals surface area contributed by atoms with Gasteiger partial charge in [-0.15, -0.1) is 0 Å². The standard InChI is InChI=1S/C22H22BrNO2/c1-25-21-11-3-17(4-12-21)15-24(20-9-7-19(23)8-10-20)16-18-5-13-22(26-2)14-6-18/h3-14H,15-16H2,1-2H3. The van der Waals surface area contributed by atoms with Gasteiger partial charge in [0.2, 0.25) is 0 Å². The lowest BCUT2D eigenvalue weighted by molar-refractivity contribution is 0.414. The second kappa shape index (κ2) is 8.77. The second-order valence-corrected chi connectivity index (χ2v) is 6.94. The van der Waals surface area contributed by atoms with Crippen molar-refractivity contribution < 1.29 is 9.47 Å². The van der Waals surface area contributed by atoms with Crippen LogP contribution in [-0.2, 0) is 13.1 Å². The molecule has 0 saturated carbocycles. The van der Waals surface area contributed by atoms with Crippen LogP contribution in [0, 0.1) is 0 Å². The minimum atomic E-state index is 0.817. The van der Waals surface area contributed by atoms with Crippen molar-refractivity contribution in [3.63, 3.8) is 0 Å². The molecule has 0 aromatic heterocycles. The summed E-state index contributed by atoms with van der Waals surface area (Å²) in [5.74, 6) is 1.75. The highest BCUT2D eigenvalue weighted by Gasteiger charge is 2.09. The van der Waals surface area contributed by atoms with Crippen LogP contribution in [0.4, 0.5) is 5.69 Å². The van der Waals surface area contributed by atoms with Crippen molar-refractivity contribution >= 4 is 21.6 Å². The number of nitrogens with zero attached hydrogens (tertiary/aromatic N) is 1. The largest absolute Gasteiger partial charge is 0.497 e. The summed E-state index contributed by atoms with van der Waals surface area (Å²) in [4.78, 5) is 2.36. The fraction of sp³-hybridized carbons (Fsp3) is 0.182. The molecule has 134 valence electrons. The predicted molar refractivity (Wildman–Crippen MR) is 110 cm³/mol. The smallest absolute Gasteiger partial charge is 0.118 e. The van der Waals surface area contributed by atoms with Crippen molar-refractivity contribution in [2.45, 2.75) is 13.1 Å². The molecule has 3 aromatic rings. The Labute approximate surface area is 163 Å². The summed E-state index contributed by atoms with van der Waals surface area (Å²) in [6.07, 6.45) is 0. The fourth-order valence-corrected chi connectivity index (χ4v) is 3.06. The molecule has 0 N–H and O–H groups in total. The van der Waals surface area contributed by atoms with Crippen molar-refractivity contribution in [2.75, 3.05) is 19.1 Å². The van der Waals surface area contributed by atoms with Crippen LogP contribution in [0.5, 0.6) is 11.5 Å². The highest BCUT2D eigenvalue weighted by Crippen LogP contribution is 2.24. The second-order valence-electron chi connectivity index (χ2n) is 6.03. The van der Waals surface area contributed by atoms with Crippen molar-refractivity contribution in [1.29, 1.82) is 0 Å². The van der Waals surface area contributed by atoms with Crippen molar-refractivity contribution in [3.8, 4) is 11.5 Å². The number of hydrogen-bond donors (Lipinski definition) is 0. The molecule has 0 saturated heterocycles. The zero-order valence-electron chi connectivity index (χ0n) is 15.0. The molecular weight excluding hydrogens is 390 g/mol. The Hall–Kier alpha value is -2.46. The van der Waals surface area contributed by atoms with Gasteiger partial charge in [0, 0.05) is 23.2 Å². The highest BCUT2D eigenvalue weighted by molar-refractivity contribution is 9.10. The van der Waals surface area contributed by atoms with E-state index in [1.54, 1.807) is 14.2 Å². The molecule has 0 radical (unpaired) electrons. The van der Waals surface area contributed by atoms with Gasteiger partial charge in [0.15, 0.2) is 0 Å². The monoisotopic (exact) mass is 411 g/mol. The molecule has 0 aliphatic carbocycles. The topological polar surface area (TPSA) is 21.7 Å². The van der Waals surface area contributed by atoms with E-state index >= 15 is 0 Å². The third kappa shape index (κ3) is 4.79. The number of hydrogen-bond acceptors (Lipinski definition) is 3. The number of ether oxygens (including phenoxy) is 2. The molecule has 3 rings (SSSR count). The zero-order valence-corrected chi connectivity index (χ0v) is 16.6. The van der Waals surface area contributed by atoms with E-state index in [0.29, 0.717) is 0 Å². The van der Waals surface area contributed by atoms with Gasteiger partial charge in [-0.2, -0.15) is 0 Å². The van der Waals surface area contributed by atoms with Crippen molar-refractivity contribution in [2.24, 2.45) is 0 Å². The Morgan fingerprint density at radius 2 is 1.08 bits per heavy atom. The van der Waals surface area contributed by atoms with Gasteiger partial charge >= 0.3 is 0 Å². The summed E-state index contributed by atoms with van der Waals surface area (Å²) in [6.45, 7) is 1.63. The summed E-state index contributed by atoms with van der Waals surface area (Å²) in [5, 5.41) is 0. The number of methoxy groups -OCH3 is 2. The van der Waals surface area contributed by atoms with E-state index in [1.165, 1.54) is 16.8 Å². The van der Waals surface area contributed by atoms with Gasteiger partial charge < -0.3 is 14.4 Å². The van der Waals surface area contributed by atoms with E-state index in [1.807, 2.05) is 24.3 Å². The predicted octanol–water partition coefficient (Wildman–Crippen LogP) is 5.67. The minimum absolute atomic E-state index is 0.817. The number of anilines is 1. The highest BCUT2D eigenvalue weighted by atomic mass is 79.9. The Morgan fingerprint density at radius 3 is 1.46 bits per heavy atom. The first-order valence-electron chi connectivity index (χ1n) is 8.44. The quantitative estimate of drug-likeness (QED) is 0.499. The normalized spacial score (nSPS) is 10.4. The van der Waals surface area contributed by atoms with Gasteiger partial charge in [0.1, 0.15) is 11.5 Å². The fourth-order valence-electron chi connectivity index (χ4n) is 2.79. The van der Waals surface area contributed by atoms with Crippen LogP contribution in [0.25, 0.3) is 0 Å². The maximum atomic E-state index is 5.26. The van der Waals surface area contributed by atoms with Crippen LogP contribution in [0.15, 0.2) is 77.3 Å². The van der Waals surface area contributed by atoms with Crippen molar-refractivity contribution in [3.05, 3.63) is 88.4 Å². The van der Waals surface area contributed by atoms with Gasteiger partial charge in [-0.05, 0) is 59.7 Å². The molecule has 0 spiro atoms. The van der Waals surface area contributed by atoms with E-state index in [9.17, 15) is 0 Å². The van der Waals surface area contributed by atoms with E-state index < -0.39 is 0 Å². The van der Waals surface area contributed by atoms with Crippen LogP contribution in [0.2, 0.25) is 0 Å². The number of benzene rings is 3. The van der Waals surface area contributed by atoms with Crippen LogP contribution >= 0.6 is 15.9 Å². The van der Waals surface area contributed by atoms with Crippen LogP contribution in [-0.4, -0.2) is 14.2 Å². The molecule has 3 aromatic carbocycles. The molecule has 3 nitrogen and oxygen atoms in total. The first-order valence-corrected chi connectivity index (χ1v) is 9.23. The third-order valence-electron chi connectivity index (χ3n) is 4.26. The van der Waals surface area contributed by atoms with Gasteiger partial charge in [-0.1, -0.05) is 40.2 Å². The Balaban J connectivity index is 1.83. The van der Waals surface area contributed by atoms with E-state index in [4.69, 9.17) is 9.47 Å². The maximum absolute atomic E-state index is 5.26. The number of halogens is 1. The van der Waals surface area contributed by atoms with E-state index in [2.05, 4.69) is 69.4 Å². The lowest BCUT2D eigenvalue weighted by Crippen LogP contribution is -2.22. The molecule has 0 heterocycles. The Morgan fingerprint density at radius 1 is 0.654 bits per heavy atom. The average Bonchev–Trinajstić information content (AvgIpc) is 2.69. The molecule has 0 bridgehead atoms. The molecule has 26 heavy (non-hydrogen) atoms. The third-order valence-corrected chi connectivity index (χ3v) is 4.79. The van der Waals surface area contributed by atoms with Crippen molar-refractivity contribution in [1.82, 2.24) is 0 Å². The summed E-state index contributed by atoms with van der Waals surface area (Å²) >= 11 is 3.51. The first kappa shape index (κ1) is 18.3. The lowest BCUT2D eigenvalue weighted by Gasteiger charge is -2.25. The first-order chi connectivity index (χ1) is 12.7. The maximum Gasteiger partial charge on any atom is 0.118 e. The van der Waals surface area contributed by atoms with Crippen LogP contribution < -0.4 is 14.4 Å². The van der Waals surface area contributed by atoms with Gasteiger partial charge in [-0.3, -0.25) is 0 Å². The molecule has 0 fully saturated rings. The summed E-state index contributed by atoms with van der Waals surface area (Å²) in [7, 11) is 3.37. The summed E-state index contributed by atoms with van der Waals surface area (Å²) < 4.78 is 11.6. The molecule has 0 amide bonds. The van der Waals surface area contributed by atoms with E-state index in [0.717, 1.165) is 29.1 Å². The summed E-state index contributed by atoms with van der Waals surface area (Å²) in [5.41, 5.74) is 3.66. The van der Waals surface area contributed by atoms with Gasteiger partial charge in [-0.25, -0.2) is 0 Å². The molecule has 0 aliphatic rings. The minimum Gasteiger partial charge on any atom is -0.497 e. The van der Waals surface area contributed by atoms with Crippen LogP contribution in [0.3, 0.4) is 0 Å². The zero-order chi connectivity index (χ0) is 18.4. The average molecular weight is 412 g/mol. The molecule has 0 atom stereocenters. The van der Waals surface area contributed by atoms with E-state index in [-0.39, 0.29) is 0 Å². The SMILES string of the molecule is COc1ccc(CN(Cc2ccc(OC)cc2)c2ccc(Br)cc2)cc1. The molecule has 0 unspecified atom stereocenters. The van der Waals surface area contributed by atoms with Crippen LogP contribution in [0.1, 0.15) is 11.1 Å². The molecule has 4 heteroatoms. The lowest BCUT2D eigenvalue weighted by atomic mass is 10.1. The van der Waals surface area contributed by atoms with Gasteiger partial charge in [0.25, 0.3) is 0 Å².